The predicted octanol–water partition coefficient (Wildman–Crippen LogP) is 0.0256. The smallest absolute Gasteiger partial charge is 0.426 e. The summed E-state index contributed by atoms with van der Waals surface area (Å²) in [7, 11) is -5.10. The SMILES string of the molecule is CC(=O)OC(CS(=O)(=O)[O-])C(F)(F)F. The normalized spacial score (nSPS) is 14.9. The molecule has 1 unspecified atom stereocenters. The maximum absolute atomic E-state index is 11.9. The highest BCUT2D eigenvalue weighted by molar-refractivity contribution is 7.85. The topological polar surface area (TPSA) is 83.5 Å². The molecule has 0 saturated carbocycles. The van der Waals surface area contributed by atoms with Gasteiger partial charge in [-0.3, -0.25) is 4.79 Å². The van der Waals surface area contributed by atoms with Gasteiger partial charge in [0, 0.05) is 6.92 Å². The number of hydrogen-bond acceptors (Lipinski definition) is 5. The number of ether oxygens (including phenoxy) is 1. The maximum Gasteiger partial charge on any atom is 0.426 e. The van der Waals surface area contributed by atoms with Gasteiger partial charge in [0.25, 0.3) is 0 Å². The first-order valence-electron chi connectivity index (χ1n) is 3.20. The molecule has 0 amide bonds. The molecule has 0 bridgehead atoms. The summed E-state index contributed by atoms with van der Waals surface area (Å²) in [6.45, 7) is 0.677. The van der Waals surface area contributed by atoms with E-state index >= 15 is 0 Å². The molecule has 0 fully saturated rings. The van der Waals surface area contributed by atoms with Crippen molar-refractivity contribution in [2.45, 2.75) is 19.2 Å². The zero-order valence-electron chi connectivity index (χ0n) is 6.87. The molecule has 14 heavy (non-hydrogen) atoms. The number of hydrogen-bond donors (Lipinski definition) is 0. The van der Waals surface area contributed by atoms with Crippen LogP contribution in [0.15, 0.2) is 0 Å². The fourth-order valence-electron chi connectivity index (χ4n) is 0.581. The van der Waals surface area contributed by atoms with Crippen LogP contribution in [-0.2, 0) is 19.6 Å². The fourth-order valence-corrected chi connectivity index (χ4v) is 1.21. The first-order chi connectivity index (χ1) is 6.02. The summed E-state index contributed by atoms with van der Waals surface area (Å²) in [4.78, 5) is 10.2. The second kappa shape index (κ2) is 4.13. The molecule has 1 atom stereocenters. The lowest BCUT2D eigenvalue weighted by Crippen LogP contribution is -2.39. The molecule has 0 heterocycles. The Morgan fingerprint density at radius 1 is 1.50 bits per heavy atom. The highest BCUT2D eigenvalue weighted by Gasteiger charge is 2.43. The van der Waals surface area contributed by atoms with Gasteiger partial charge in [0.2, 0.25) is 6.10 Å². The van der Waals surface area contributed by atoms with E-state index in [0.717, 1.165) is 0 Å². The number of carbonyl (C=O) groups excluding carboxylic acids is 1. The van der Waals surface area contributed by atoms with Gasteiger partial charge in [-0.1, -0.05) is 0 Å². The molecule has 0 N–H and O–H groups in total. The van der Waals surface area contributed by atoms with Gasteiger partial charge in [-0.15, -0.1) is 0 Å². The van der Waals surface area contributed by atoms with Crippen molar-refractivity contribution in [2.24, 2.45) is 0 Å². The lowest BCUT2D eigenvalue weighted by molar-refractivity contribution is -0.214. The van der Waals surface area contributed by atoms with E-state index in [1.165, 1.54) is 0 Å². The van der Waals surface area contributed by atoms with Gasteiger partial charge in [-0.2, -0.15) is 13.2 Å². The van der Waals surface area contributed by atoms with Crippen LogP contribution in [0.5, 0.6) is 0 Å². The average Bonchev–Trinajstić information content (AvgIpc) is 1.78. The van der Waals surface area contributed by atoms with Crippen LogP contribution < -0.4 is 0 Å². The zero-order chi connectivity index (χ0) is 11.6. The highest BCUT2D eigenvalue weighted by Crippen LogP contribution is 2.24. The summed E-state index contributed by atoms with van der Waals surface area (Å²) in [6.07, 6.45) is -7.97. The van der Waals surface area contributed by atoms with E-state index in [2.05, 4.69) is 4.74 Å². The summed E-state index contributed by atoms with van der Waals surface area (Å²) in [6, 6.07) is 0. The van der Waals surface area contributed by atoms with Gasteiger partial charge in [0.05, 0.1) is 15.9 Å². The minimum absolute atomic E-state index is 0.677. The molecule has 0 saturated heterocycles. The Morgan fingerprint density at radius 2 is 1.93 bits per heavy atom. The van der Waals surface area contributed by atoms with Crippen molar-refractivity contribution >= 4 is 16.1 Å². The number of esters is 1. The molecule has 0 aromatic rings. The third-order valence-corrected chi connectivity index (χ3v) is 1.74. The van der Waals surface area contributed by atoms with Crippen LogP contribution in [0.25, 0.3) is 0 Å². The molecular weight excluding hydrogens is 229 g/mol. The molecule has 0 rings (SSSR count). The largest absolute Gasteiger partial charge is 0.748 e. The number of alkyl halides is 3. The zero-order valence-corrected chi connectivity index (χ0v) is 7.68. The van der Waals surface area contributed by atoms with E-state index in [4.69, 9.17) is 0 Å². The van der Waals surface area contributed by atoms with Crippen molar-refractivity contribution in [3.8, 4) is 0 Å². The average molecular weight is 235 g/mol. The molecule has 84 valence electrons. The maximum atomic E-state index is 11.9. The lowest BCUT2D eigenvalue weighted by atomic mass is 10.4. The van der Waals surface area contributed by atoms with E-state index in [1.54, 1.807) is 0 Å². The van der Waals surface area contributed by atoms with Gasteiger partial charge >= 0.3 is 12.1 Å². The van der Waals surface area contributed by atoms with Gasteiger partial charge < -0.3 is 9.29 Å². The third-order valence-electron chi connectivity index (χ3n) is 1.03. The molecule has 0 aliphatic carbocycles. The van der Waals surface area contributed by atoms with E-state index in [0.29, 0.717) is 6.92 Å². The second-order valence-corrected chi connectivity index (χ2v) is 3.81. The van der Waals surface area contributed by atoms with Crippen LogP contribution in [0, 0.1) is 0 Å². The first-order valence-corrected chi connectivity index (χ1v) is 4.77. The van der Waals surface area contributed by atoms with E-state index in [9.17, 15) is 30.9 Å². The molecule has 0 radical (unpaired) electrons. The lowest BCUT2D eigenvalue weighted by Gasteiger charge is -2.20. The Balaban J connectivity index is 4.67. The Labute approximate surface area is 77.6 Å². The van der Waals surface area contributed by atoms with Crippen molar-refractivity contribution in [1.82, 2.24) is 0 Å². The van der Waals surface area contributed by atoms with E-state index in [1.807, 2.05) is 0 Å². The van der Waals surface area contributed by atoms with Gasteiger partial charge in [0.1, 0.15) is 0 Å². The van der Waals surface area contributed by atoms with Crippen molar-refractivity contribution in [1.29, 1.82) is 0 Å². The Morgan fingerprint density at radius 3 is 2.14 bits per heavy atom. The summed E-state index contributed by atoms with van der Waals surface area (Å²) < 4.78 is 69.5. The van der Waals surface area contributed by atoms with Crippen LogP contribution in [0.2, 0.25) is 0 Å². The van der Waals surface area contributed by atoms with Crippen LogP contribution in [0.1, 0.15) is 6.92 Å². The van der Waals surface area contributed by atoms with Crippen LogP contribution in [0.3, 0.4) is 0 Å². The van der Waals surface area contributed by atoms with Crippen molar-refractivity contribution in [3.05, 3.63) is 0 Å². The fraction of sp³-hybridized carbons (Fsp3) is 0.800. The number of carbonyl (C=O) groups is 1. The van der Waals surface area contributed by atoms with Crippen molar-refractivity contribution in [3.63, 3.8) is 0 Å². The molecule has 0 spiro atoms. The summed E-state index contributed by atoms with van der Waals surface area (Å²) in [5.74, 6) is -3.12. The quantitative estimate of drug-likeness (QED) is 0.508. The molecule has 5 nitrogen and oxygen atoms in total. The number of rotatable bonds is 3. The molecule has 0 aromatic heterocycles. The summed E-state index contributed by atoms with van der Waals surface area (Å²) in [5, 5.41) is 0. The van der Waals surface area contributed by atoms with Gasteiger partial charge in [-0.05, 0) is 0 Å². The Hall–Kier alpha value is -0.830. The number of halogens is 3. The van der Waals surface area contributed by atoms with Gasteiger partial charge in [-0.25, -0.2) is 8.42 Å². The minimum atomic E-state index is -5.10. The third kappa shape index (κ3) is 5.75. The van der Waals surface area contributed by atoms with Crippen LogP contribution in [-0.4, -0.2) is 37.0 Å². The molecule has 0 aliphatic heterocycles. The Bertz CT molecular complexity index is 306. The minimum Gasteiger partial charge on any atom is -0.748 e. The Kier molecular flexibility index (Phi) is 3.89. The highest BCUT2D eigenvalue weighted by atomic mass is 32.2. The molecule has 0 aliphatic rings. The monoisotopic (exact) mass is 235 g/mol. The molecule has 9 heteroatoms. The van der Waals surface area contributed by atoms with Crippen molar-refractivity contribution in [2.75, 3.05) is 5.75 Å². The molecule has 0 aromatic carbocycles. The summed E-state index contributed by atoms with van der Waals surface area (Å²) >= 11 is 0. The van der Waals surface area contributed by atoms with E-state index in [-0.39, 0.29) is 0 Å². The predicted molar refractivity (Wildman–Crippen MR) is 36.2 cm³/mol. The summed E-state index contributed by atoms with van der Waals surface area (Å²) in [5.41, 5.74) is 0. The van der Waals surface area contributed by atoms with Crippen molar-refractivity contribution < 1.29 is 35.7 Å². The molecular formula is C5H6F3O5S-. The second-order valence-electron chi connectivity index (χ2n) is 2.36. The van der Waals surface area contributed by atoms with Gasteiger partial charge in [0.15, 0.2) is 0 Å². The van der Waals surface area contributed by atoms with E-state index < -0.39 is 34.1 Å². The van der Waals surface area contributed by atoms with Crippen LogP contribution in [0.4, 0.5) is 13.2 Å². The standard InChI is InChI=1S/C5H7F3O5S/c1-3(9)13-4(5(6,7)8)2-14(10,11)12/h4H,2H2,1H3,(H,10,11,12)/p-1. The first kappa shape index (κ1) is 13.2. The van der Waals surface area contributed by atoms with Crippen LogP contribution >= 0.6 is 0 Å².